The zero-order valence-corrected chi connectivity index (χ0v) is 19.5. The number of ether oxygens (including phenoxy) is 3. The Kier molecular flexibility index (Phi) is 6.78. The molecule has 0 bridgehead atoms. The second-order valence-electron chi connectivity index (χ2n) is 7.55. The van der Waals surface area contributed by atoms with Gasteiger partial charge in [0.15, 0.2) is 0 Å². The molecule has 0 unspecified atom stereocenters. The van der Waals surface area contributed by atoms with Gasteiger partial charge in [-0.15, -0.1) is 0 Å². The maximum Gasteiger partial charge on any atom is 0.344 e. The summed E-state index contributed by atoms with van der Waals surface area (Å²) in [4.78, 5) is 39.2. The molecule has 7 heteroatoms. The van der Waals surface area contributed by atoms with Crippen molar-refractivity contribution >= 4 is 28.5 Å². The van der Waals surface area contributed by atoms with Crippen molar-refractivity contribution in [2.24, 2.45) is 0 Å². The normalized spacial score (nSPS) is 11.2. The summed E-state index contributed by atoms with van der Waals surface area (Å²) < 4.78 is 17.1. The molecule has 1 heterocycles. The van der Waals surface area contributed by atoms with Gasteiger partial charge in [0.05, 0.1) is 38.2 Å². The van der Waals surface area contributed by atoms with Gasteiger partial charge in [0.2, 0.25) is 5.43 Å². The molecule has 1 aromatic heterocycles. The first-order valence-corrected chi connectivity index (χ1v) is 10.8. The number of hydrogen-bond acceptors (Lipinski definition) is 6. The Bertz CT molecular complexity index is 1490. The zero-order chi connectivity index (χ0) is 24.9. The lowest BCUT2D eigenvalue weighted by atomic mass is 9.99. The minimum Gasteiger partial charge on any atom is -0.497 e. The minimum absolute atomic E-state index is 0.150. The summed E-state index contributed by atoms with van der Waals surface area (Å²) in [6.45, 7) is 0. The van der Waals surface area contributed by atoms with E-state index in [9.17, 15) is 14.4 Å². The SMILES string of the molecule is COC(=O)/C=C(/c1ccccc1)n1c(-c2ccccc2)c(C(=O)OC)c(=O)c2ccc(OC)cc21. The largest absolute Gasteiger partial charge is 0.497 e. The molecule has 0 aliphatic carbocycles. The van der Waals surface area contributed by atoms with Crippen molar-refractivity contribution in [2.45, 2.75) is 0 Å². The molecule has 0 fully saturated rings. The molecule has 0 radical (unpaired) electrons. The predicted octanol–water partition coefficient (Wildman–Crippen LogP) is 4.53. The van der Waals surface area contributed by atoms with Gasteiger partial charge >= 0.3 is 11.9 Å². The molecule has 176 valence electrons. The van der Waals surface area contributed by atoms with Crippen LogP contribution in [0.1, 0.15) is 15.9 Å². The van der Waals surface area contributed by atoms with Gasteiger partial charge in [-0.3, -0.25) is 4.79 Å². The second-order valence-corrected chi connectivity index (χ2v) is 7.55. The van der Waals surface area contributed by atoms with Gasteiger partial charge in [-0.25, -0.2) is 9.59 Å². The molecule has 0 aliphatic heterocycles. The van der Waals surface area contributed by atoms with Crippen molar-refractivity contribution < 1.29 is 23.8 Å². The van der Waals surface area contributed by atoms with E-state index in [0.717, 1.165) is 0 Å². The molecular weight excluding hydrogens is 446 g/mol. The maximum atomic E-state index is 13.6. The number of fused-ring (bicyclic) bond motifs is 1. The summed E-state index contributed by atoms with van der Waals surface area (Å²) in [5.74, 6) is -0.885. The van der Waals surface area contributed by atoms with Crippen molar-refractivity contribution in [3.8, 4) is 17.0 Å². The van der Waals surface area contributed by atoms with Crippen LogP contribution in [0.4, 0.5) is 0 Å². The first-order chi connectivity index (χ1) is 17.0. The lowest BCUT2D eigenvalue weighted by molar-refractivity contribution is -0.134. The molecular formula is C28H23NO6. The Morgan fingerprint density at radius 2 is 1.49 bits per heavy atom. The summed E-state index contributed by atoms with van der Waals surface area (Å²) in [7, 11) is 4.03. The van der Waals surface area contributed by atoms with Gasteiger partial charge in [-0.1, -0.05) is 60.7 Å². The molecule has 0 N–H and O–H groups in total. The molecule has 4 rings (SSSR count). The number of hydrogen-bond donors (Lipinski definition) is 0. The van der Waals surface area contributed by atoms with Crippen LogP contribution < -0.4 is 10.2 Å². The zero-order valence-electron chi connectivity index (χ0n) is 19.5. The van der Waals surface area contributed by atoms with E-state index in [-0.39, 0.29) is 16.6 Å². The fourth-order valence-corrected chi connectivity index (χ4v) is 3.96. The van der Waals surface area contributed by atoms with E-state index in [0.29, 0.717) is 28.1 Å². The molecule has 0 saturated heterocycles. The number of esters is 2. The average Bonchev–Trinajstić information content (AvgIpc) is 2.92. The van der Waals surface area contributed by atoms with Gasteiger partial charge in [0, 0.05) is 17.5 Å². The van der Waals surface area contributed by atoms with E-state index in [1.807, 2.05) is 36.4 Å². The van der Waals surface area contributed by atoms with Gasteiger partial charge < -0.3 is 18.8 Å². The van der Waals surface area contributed by atoms with Crippen molar-refractivity contribution in [1.82, 2.24) is 4.57 Å². The first-order valence-electron chi connectivity index (χ1n) is 10.8. The van der Waals surface area contributed by atoms with Crippen LogP contribution >= 0.6 is 0 Å². The molecule has 7 nitrogen and oxygen atoms in total. The predicted molar refractivity (Wildman–Crippen MR) is 133 cm³/mol. The molecule has 0 atom stereocenters. The number of pyridine rings is 1. The van der Waals surface area contributed by atoms with E-state index in [2.05, 4.69) is 0 Å². The Morgan fingerprint density at radius 1 is 0.829 bits per heavy atom. The van der Waals surface area contributed by atoms with E-state index in [4.69, 9.17) is 14.2 Å². The van der Waals surface area contributed by atoms with Crippen LogP contribution in [-0.4, -0.2) is 37.8 Å². The number of aromatic nitrogens is 1. The maximum absolute atomic E-state index is 13.6. The molecule has 0 aliphatic rings. The Balaban J connectivity index is 2.30. The van der Waals surface area contributed by atoms with Crippen molar-refractivity contribution in [3.05, 3.63) is 106 Å². The fraction of sp³-hybridized carbons (Fsp3) is 0.107. The Morgan fingerprint density at radius 3 is 2.09 bits per heavy atom. The third-order valence-electron chi connectivity index (χ3n) is 5.58. The highest BCUT2D eigenvalue weighted by Gasteiger charge is 2.27. The number of carbonyl (C=O) groups is 2. The number of carbonyl (C=O) groups excluding carboxylic acids is 2. The van der Waals surface area contributed by atoms with E-state index in [1.54, 1.807) is 47.0 Å². The number of nitrogens with zero attached hydrogens (tertiary/aromatic N) is 1. The minimum atomic E-state index is -0.786. The second kappa shape index (κ2) is 10.1. The lowest BCUT2D eigenvalue weighted by Crippen LogP contribution is -2.23. The van der Waals surface area contributed by atoms with Crippen molar-refractivity contribution in [3.63, 3.8) is 0 Å². The van der Waals surface area contributed by atoms with Crippen LogP contribution in [0.25, 0.3) is 27.9 Å². The van der Waals surface area contributed by atoms with Gasteiger partial charge in [0.1, 0.15) is 11.3 Å². The van der Waals surface area contributed by atoms with Gasteiger partial charge in [-0.05, 0) is 23.3 Å². The quantitative estimate of drug-likeness (QED) is 0.305. The average molecular weight is 469 g/mol. The monoisotopic (exact) mass is 469 g/mol. The topological polar surface area (TPSA) is 83.8 Å². The Hall–Kier alpha value is -4.65. The van der Waals surface area contributed by atoms with E-state index < -0.39 is 17.4 Å². The number of benzene rings is 3. The van der Waals surface area contributed by atoms with Crippen LogP contribution in [-0.2, 0) is 14.3 Å². The van der Waals surface area contributed by atoms with Crippen molar-refractivity contribution in [2.75, 3.05) is 21.3 Å². The van der Waals surface area contributed by atoms with Gasteiger partial charge in [0.25, 0.3) is 0 Å². The third-order valence-corrected chi connectivity index (χ3v) is 5.58. The smallest absolute Gasteiger partial charge is 0.344 e. The highest BCUT2D eigenvalue weighted by atomic mass is 16.5. The molecule has 0 amide bonds. The third kappa shape index (κ3) is 4.44. The molecule has 0 saturated carbocycles. The Labute approximate surface area is 201 Å². The van der Waals surface area contributed by atoms with Crippen LogP contribution in [0.3, 0.4) is 0 Å². The highest BCUT2D eigenvalue weighted by molar-refractivity contribution is 6.04. The molecule has 3 aromatic carbocycles. The van der Waals surface area contributed by atoms with Crippen LogP contribution in [0.15, 0.2) is 89.7 Å². The first kappa shape index (κ1) is 23.5. The molecule has 35 heavy (non-hydrogen) atoms. The summed E-state index contributed by atoms with van der Waals surface area (Å²) in [6.07, 6.45) is 1.33. The van der Waals surface area contributed by atoms with Crippen LogP contribution in [0, 0.1) is 0 Å². The fourth-order valence-electron chi connectivity index (χ4n) is 3.96. The summed E-state index contributed by atoms with van der Waals surface area (Å²) in [6, 6.07) is 23.1. The standard InChI is InChI=1S/C28H23NO6/c1-33-20-14-15-21-23(16-20)29(22(17-24(30)34-2)18-10-6-4-7-11-18)26(19-12-8-5-9-13-19)25(27(21)31)28(32)35-3/h4-17H,1-3H3/b22-17-. The van der Waals surface area contributed by atoms with Crippen LogP contribution in [0.5, 0.6) is 5.75 Å². The number of rotatable bonds is 6. The lowest BCUT2D eigenvalue weighted by Gasteiger charge is -2.23. The molecule has 4 aromatic rings. The number of methoxy groups -OCH3 is 3. The summed E-state index contributed by atoms with van der Waals surface area (Å²) in [5.41, 5.74) is 1.74. The van der Waals surface area contributed by atoms with Gasteiger partial charge in [-0.2, -0.15) is 0 Å². The van der Waals surface area contributed by atoms with E-state index in [1.165, 1.54) is 27.4 Å². The molecule has 0 spiro atoms. The highest BCUT2D eigenvalue weighted by Crippen LogP contribution is 2.34. The van der Waals surface area contributed by atoms with Crippen LogP contribution in [0.2, 0.25) is 0 Å². The summed E-state index contributed by atoms with van der Waals surface area (Å²) >= 11 is 0. The van der Waals surface area contributed by atoms with Crippen molar-refractivity contribution in [1.29, 1.82) is 0 Å². The summed E-state index contributed by atoms with van der Waals surface area (Å²) in [5, 5.41) is 0.262. The van der Waals surface area contributed by atoms with E-state index >= 15 is 0 Å².